The molecule has 2 nitrogen and oxygen atoms in total. The summed E-state index contributed by atoms with van der Waals surface area (Å²) in [5.74, 6) is 0. The topological polar surface area (TPSA) is 43.1 Å². The molecule has 0 aromatic heterocycles. The summed E-state index contributed by atoms with van der Waals surface area (Å²) in [5, 5.41) is -0.360. The second kappa shape index (κ2) is 5.45. The van der Waals surface area contributed by atoms with Crippen molar-refractivity contribution >= 4 is 22.5 Å². The Kier molecular flexibility index (Phi) is 3.91. The van der Waals surface area contributed by atoms with Crippen LogP contribution in [0.5, 0.6) is 0 Å². The predicted molar refractivity (Wildman–Crippen MR) is 79.2 cm³/mol. The summed E-state index contributed by atoms with van der Waals surface area (Å²) in [6.07, 6.45) is 0.570. The number of benzene rings is 2. The van der Waals surface area contributed by atoms with E-state index in [1.807, 2.05) is 49.4 Å². The summed E-state index contributed by atoms with van der Waals surface area (Å²) in [7, 11) is 0. The summed E-state index contributed by atoms with van der Waals surface area (Å²) < 4.78 is 0. The first-order chi connectivity index (χ1) is 9.02. The molecule has 2 N–H and O–H groups in total. The molecule has 0 aliphatic heterocycles. The molecule has 0 aliphatic carbocycles. The Morgan fingerprint density at radius 3 is 2.21 bits per heavy atom. The van der Waals surface area contributed by atoms with Crippen LogP contribution in [0.1, 0.15) is 18.1 Å². The minimum Gasteiger partial charge on any atom is -0.399 e. The van der Waals surface area contributed by atoms with Crippen molar-refractivity contribution in [1.29, 1.82) is 0 Å². The first-order valence-electron chi connectivity index (χ1n) is 6.12. The van der Waals surface area contributed by atoms with Crippen LogP contribution in [0.2, 0.25) is 0 Å². The van der Waals surface area contributed by atoms with Crippen LogP contribution >= 0.6 is 11.6 Å². The van der Waals surface area contributed by atoms with Crippen LogP contribution in [-0.4, -0.2) is 5.24 Å². The second-order valence-electron chi connectivity index (χ2n) is 4.89. The van der Waals surface area contributed by atoms with Gasteiger partial charge in [0.2, 0.25) is 5.24 Å². The van der Waals surface area contributed by atoms with Gasteiger partial charge in [-0.05, 0) is 48.2 Å². The highest BCUT2D eigenvalue weighted by Crippen LogP contribution is 2.31. The van der Waals surface area contributed by atoms with Gasteiger partial charge in [-0.25, -0.2) is 0 Å². The molecule has 0 bridgehead atoms. The molecule has 0 saturated carbocycles. The minimum atomic E-state index is -0.739. The molecule has 1 atom stereocenters. The monoisotopic (exact) mass is 273 g/mol. The highest BCUT2D eigenvalue weighted by atomic mass is 35.5. The fourth-order valence-corrected chi connectivity index (χ4v) is 2.32. The van der Waals surface area contributed by atoms with E-state index in [1.54, 1.807) is 12.1 Å². The number of rotatable bonds is 4. The molecule has 1 unspecified atom stereocenters. The number of carbonyl (C=O) groups excluding carboxylic acids is 1. The van der Waals surface area contributed by atoms with Crippen molar-refractivity contribution in [3.63, 3.8) is 0 Å². The zero-order valence-electron chi connectivity index (χ0n) is 10.8. The predicted octanol–water partition coefficient (Wildman–Crippen LogP) is 3.53. The van der Waals surface area contributed by atoms with Crippen LogP contribution in [0.15, 0.2) is 54.6 Å². The van der Waals surface area contributed by atoms with Crippen molar-refractivity contribution in [3.05, 3.63) is 65.7 Å². The highest BCUT2D eigenvalue weighted by Gasteiger charge is 2.34. The molecule has 0 saturated heterocycles. The van der Waals surface area contributed by atoms with E-state index in [0.29, 0.717) is 12.1 Å². The summed E-state index contributed by atoms with van der Waals surface area (Å²) in [5.41, 5.74) is 7.57. The lowest BCUT2D eigenvalue weighted by Crippen LogP contribution is -2.31. The maximum Gasteiger partial charge on any atom is 0.232 e. The molecular weight excluding hydrogens is 258 g/mol. The smallest absolute Gasteiger partial charge is 0.232 e. The van der Waals surface area contributed by atoms with Crippen molar-refractivity contribution in [2.45, 2.75) is 18.8 Å². The van der Waals surface area contributed by atoms with E-state index in [-0.39, 0.29) is 5.24 Å². The van der Waals surface area contributed by atoms with Crippen LogP contribution in [0, 0.1) is 0 Å². The van der Waals surface area contributed by atoms with Gasteiger partial charge in [0, 0.05) is 5.69 Å². The standard InChI is InChI=1S/C16H16ClNO/c1-16(15(17)19,11-12-5-3-2-4-6-12)13-7-9-14(18)10-8-13/h2-10H,11,18H2,1H3. The van der Waals surface area contributed by atoms with Gasteiger partial charge in [0.15, 0.2) is 0 Å². The van der Waals surface area contributed by atoms with Crippen molar-refractivity contribution in [1.82, 2.24) is 0 Å². The second-order valence-corrected chi connectivity index (χ2v) is 5.23. The molecular formula is C16H16ClNO. The summed E-state index contributed by atoms with van der Waals surface area (Å²) in [6, 6.07) is 17.2. The van der Waals surface area contributed by atoms with Crippen molar-refractivity contribution in [2.75, 3.05) is 5.73 Å². The van der Waals surface area contributed by atoms with Gasteiger partial charge in [0.05, 0.1) is 5.41 Å². The van der Waals surface area contributed by atoms with Gasteiger partial charge in [0.1, 0.15) is 0 Å². The third-order valence-electron chi connectivity index (χ3n) is 3.38. The number of halogens is 1. The molecule has 0 spiro atoms. The Balaban J connectivity index is 2.38. The van der Waals surface area contributed by atoms with E-state index < -0.39 is 5.41 Å². The molecule has 0 amide bonds. The van der Waals surface area contributed by atoms with Crippen LogP contribution in [0.4, 0.5) is 5.69 Å². The van der Waals surface area contributed by atoms with E-state index in [4.69, 9.17) is 17.3 Å². The van der Waals surface area contributed by atoms with Crippen molar-refractivity contribution < 1.29 is 4.79 Å². The Morgan fingerprint density at radius 1 is 1.11 bits per heavy atom. The van der Waals surface area contributed by atoms with Gasteiger partial charge in [-0.1, -0.05) is 42.5 Å². The van der Waals surface area contributed by atoms with Crippen molar-refractivity contribution in [3.8, 4) is 0 Å². The number of nitrogen functional groups attached to an aromatic ring is 1. The molecule has 0 radical (unpaired) electrons. The summed E-state index contributed by atoms with van der Waals surface area (Å²) in [6.45, 7) is 1.86. The number of carbonyl (C=O) groups is 1. The van der Waals surface area contributed by atoms with E-state index >= 15 is 0 Å². The lowest BCUT2D eigenvalue weighted by molar-refractivity contribution is -0.116. The Labute approximate surface area is 118 Å². The molecule has 0 aliphatic rings. The fraction of sp³-hybridized carbons (Fsp3) is 0.188. The SMILES string of the molecule is CC(Cc1ccccc1)(C(=O)Cl)c1ccc(N)cc1. The van der Waals surface area contributed by atoms with Crippen LogP contribution in [0.3, 0.4) is 0 Å². The number of hydrogen-bond acceptors (Lipinski definition) is 2. The van der Waals surface area contributed by atoms with E-state index in [0.717, 1.165) is 11.1 Å². The minimum absolute atomic E-state index is 0.360. The largest absolute Gasteiger partial charge is 0.399 e. The lowest BCUT2D eigenvalue weighted by Gasteiger charge is -2.26. The zero-order chi connectivity index (χ0) is 13.9. The summed E-state index contributed by atoms with van der Waals surface area (Å²) >= 11 is 5.84. The normalized spacial score (nSPS) is 13.8. The first-order valence-corrected chi connectivity index (χ1v) is 6.50. The fourth-order valence-electron chi connectivity index (χ4n) is 2.14. The van der Waals surface area contributed by atoms with Gasteiger partial charge in [-0.3, -0.25) is 4.79 Å². The van der Waals surface area contributed by atoms with Gasteiger partial charge in [-0.2, -0.15) is 0 Å². The molecule has 2 rings (SSSR count). The van der Waals surface area contributed by atoms with E-state index in [1.165, 1.54) is 0 Å². The molecule has 98 valence electrons. The maximum atomic E-state index is 11.9. The Hall–Kier alpha value is -1.80. The third-order valence-corrected chi connectivity index (χ3v) is 3.80. The first kappa shape index (κ1) is 13.6. The summed E-state index contributed by atoms with van der Waals surface area (Å²) in [4.78, 5) is 11.9. The lowest BCUT2D eigenvalue weighted by atomic mass is 9.78. The Morgan fingerprint density at radius 2 is 1.68 bits per heavy atom. The quantitative estimate of drug-likeness (QED) is 0.684. The van der Waals surface area contributed by atoms with Gasteiger partial charge < -0.3 is 5.73 Å². The molecule has 0 heterocycles. The number of nitrogens with two attached hydrogens (primary N) is 1. The van der Waals surface area contributed by atoms with Crippen LogP contribution in [-0.2, 0) is 16.6 Å². The maximum absolute atomic E-state index is 11.9. The number of anilines is 1. The van der Waals surface area contributed by atoms with Crippen LogP contribution < -0.4 is 5.73 Å². The average Bonchev–Trinajstić information content (AvgIpc) is 2.40. The van der Waals surface area contributed by atoms with E-state index in [9.17, 15) is 4.79 Å². The molecule has 3 heteroatoms. The number of hydrogen-bond donors (Lipinski definition) is 1. The molecule has 2 aromatic carbocycles. The molecule has 19 heavy (non-hydrogen) atoms. The zero-order valence-corrected chi connectivity index (χ0v) is 11.5. The van der Waals surface area contributed by atoms with Gasteiger partial charge in [0.25, 0.3) is 0 Å². The third kappa shape index (κ3) is 2.96. The van der Waals surface area contributed by atoms with Gasteiger partial charge in [-0.15, -0.1) is 0 Å². The van der Waals surface area contributed by atoms with Gasteiger partial charge >= 0.3 is 0 Å². The molecule has 0 fully saturated rings. The Bertz CT molecular complexity index is 565. The van der Waals surface area contributed by atoms with Crippen LogP contribution in [0.25, 0.3) is 0 Å². The highest BCUT2D eigenvalue weighted by molar-refractivity contribution is 6.65. The van der Waals surface area contributed by atoms with Crippen molar-refractivity contribution in [2.24, 2.45) is 0 Å². The van der Waals surface area contributed by atoms with E-state index in [2.05, 4.69) is 0 Å². The molecule has 2 aromatic rings. The average molecular weight is 274 g/mol.